The van der Waals surface area contributed by atoms with E-state index >= 15 is 0 Å². The summed E-state index contributed by atoms with van der Waals surface area (Å²) in [4.78, 5) is 11.0. The lowest BCUT2D eigenvalue weighted by molar-refractivity contribution is -0.137. The van der Waals surface area contributed by atoms with Gasteiger partial charge in [0.2, 0.25) is 0 Å². The largest absolute Gasteiger partial charge is 0.417 e. The average molecular weight is 238 g/mol. The van der Waals surface area contributed by atoms with Gasteiger partial charge in [0.05, 0.1) is 10.6 Å². The summed E-state index contributed by atoms with van der Waals surface area (Å²) in [6, 6.07) is 1.82. The summed E-state index contributed by atoms with van der Waals surface area (Å²) >= 11 is 5.53. The van der Waals surface area contributed by atoms with Crippen molar-refractivity contribution in [1.29, 1.82) is 0 Å². The van der Waals surface area contributed by atoms with E-state index in [1.54, 1.807) is 0 Å². The first-order valence-electron chi connectivity index (χ1n) is 3.90. The van der Waals surface area contributed by atoms with Gasteiger partial charge in [0.25, 0.3) is 0 Å². The number of carbonyl (C=O) groups excluding carboxylic acids is 1. The Morgan fingerprint density at radius 2 is 1.93 bits per heavy atom. The monoisotopic (exact) mass is 237 g/mol. The lowest BCUT2D eigenvalue weighted by Crippen LogP contribution is -2.13. The number of rotatable bonds is 1. The molecule has 1 rings (SSSR count). The smallest absolute Gasteiger partial charge is 0.399 e. The molecule has 0 aliphatic heterocycles. The molecular formula is C9H7ClF3NO. The van der Waals surface area contributed by atoms with Gasteiger partial charge in [-0.05, 0) is 19.1 Å². The predicted molar refractivity (Wildman–Crippen MR) is 50.9 cm³/mol. The molecule has 0 heterocycles. The number of hydrogen-bond donors (Lipinski definition) is 1. The van der Waals surface area contributed by atoms with Crippen molar-refractivity contribution in [3.8, 4) is 0 Å². The highest BCUT2D eigenvalue weighted by Crippen LogP contribution is 2.36. The van der Waals surface area contributed by atoms with Crippen LogP contribution in [0.1, 0.15) is 22.8 Å². The summed E-state index contributed by atoms with van der Waals surface area (Å²) in [5.41, 5.74) is 3.46. The number of Topliss-reactive ketones (excluding diaryl/α,β-unsaturated/α-hetero) is 1. The molecule has 0 fully saturated rings. The third kappa shape index (κ3) is 2.41. The van der Waals surface area contributed by atoms with Crippen molar-refractivity contribution < 1.29 is 18.0 Å². The van der Waals surface area contributed by atoms with Gasteiger partial charge in [-0.2, -0.15) is 13.2 Å². The van der Waals surface area contributed by atoms with Crippen LogP contribution in [0.3, 0.4) is 0 Å². The van der Waals surface area contributed by atoms with Crippen molar-refractivity contribution in [2.24, 2.45) is 0 Å². The molecule has 0 amide bonds. The summed E-state index contributed by atoms with van der Waals surface area (Å²) in [6.07, 6.45) is -4.64. The number of halogens is 4. The van der Waals surface area contributed by atoms with Gasteiger partial charge in [-0.25, -0.2) is 0 Å². The number of nitrogen functional groups attached to an aromatic ring is 1. The quantitative estimate of drug-likeness (QED) is 0.602. The van der Waals surface area contributed by atoms with Gasteiger partial charge in [-0.3, -0.25) is 4.79 Å². The lowest BCUT2D eigenvalue weighted by atomic mass is 10.0. The maximum absolute atomic E-state index is 12.5. The van der Waals surface area contributed by atoms with Crippen LogP contribution in [0.5, 0.6) is 0 Å². The highest BCUT2D eigenvalue weighted by atomic mass is 35.5. The Kier molecular flexibility index (Phi) is 2.95. The first-order valence-corrected chi connectivity index (χ1v) is 4.28. The van der Waals surface area contributed by atoms with Crippen LogP contribution < -0.4 is 5.73 Å². The third-order valence-electron chi connectivity index (χ3n) is 1.77. The molecule has 0 aliphatic carbocycles. The molecule has 2 nitrogen and oxygen atoms in total. The van der Waals surface area contributed by atoms with Gasteiger partial charge in [0, 0.05) is 11.3 Å². The Hall–Kier alpha value is -1.23. The first-order chi connectivity index (χ1) is 6.73. The Bertz CT molecular complexity index is 415. The molecule has 0 bridgehead atoms. The van der Waals surface area contributed by atoms with E-state index in [-0.39, 0.29) is 10.7 Å². The van der Waals surface area contributed by atoms with E-state index in [0.717, 1.165) is 13.0 Å². The topological polar surface area (TPSA) is 43.1 Å². The van der Waals surface area contributed by atoms with Crippen molar-refractivity contribution in [3.05, 3.63) is 28.3 Å². The molecule has 0 saturated carbocycles. The molecule has 82 valence electrons. The maximum Gasteiger partial charge on any atom is 0.417 e. The van der Waals surface area contributed by atoms with Gasteiger partial charge >= 0.3 is 6.18 Å². The number of nitrogens with two attached hydrogens (primary N) is 1. The number of anilines is 1. The van der Waals surface area contributed by atoms with E-state index in [4.69, 9.17) is 17.3 Å². The van der Waals surface area contributed by atoms with Crippen LogP contribution in [0.25, 0.3) is 0 Å². The average Bonchev–Trinajstić information content (AvgIpc) is 1.99. The summed E-state index contributed by atoms with van der Waals surface area (Å²) in [6.45, 7) is 1.02. The number of benzene rings is 1. The van der Waals surface area contributed by atoms with Gasteiger partial charge in [0.15, 0.2) is 5.78 Å². The highest BCUT2D eigenvalue weighted by molar-refractivity contribution is 6.34. The van der Waals surface area contributed by atoms with Crippen LogP contribution in [-0.2, 0) is 6.18 Å². The lowest BCUT2D eigenvalue weighted by Gasteiger charge is -2.13. The van der Waals surface area contributed by atoms with E-state index in [1.165, 1.54) is 0 Å². The Morgan fingerprint density at radius 1 is 1.40 bits per heavy atom. The van der Waals surface area contributed by atoms with E-state index in [2.05, 4.69) is 0 Å². The number of hydrogen-bond acceptors (Lipinski definition) is 2. The minimum absolute atomic E-state index is 0.127. The van der Waals surface area contributed by atoms with Crippen LogP contribution >= 0.6 is 11.6 Å². The zero-order valence-corrected chi connectivity index (χ0v) is 8.41. The molecular weight excluding hydrogens is 231 g/mol. The molecule has 2 N–H and O–H groups in total. The highest BCUT2D eigenvalue weighted by Gasteiger charge is 2.35. The fourth-order valence-electron chi connectivity index (χ4n) is 1.21. The molecule has 0 radical (unpaired) electrons. The number of carbonyl (C=O) groups is 1. The molecule has 15 heavy (non-hydrogen) atoms. The molecule has 1 aromatic rings. The van der Waals surface area contributed by atoms with Gasteiger partial charge < -0.3 is 5.73 Å². The minimum Gasteiger partial charge on any atom is -0.399 e. The standard InChI is InChI=1S/C9H7ClF3NO/c1-4(15)8-6(9(11,12)13)2-5(14)3-7(8)10/h2-3H,14H2,1H3. The normalized spacial score (nSPS) is 11.5. The Balaban J connectivity index is 3.54. The predicted octanol–water partition coefficient (Wildman–Crippen LogP) is 3.14. The second-order valence-corrected chi connectivity index (χ2v) is 3.39. The molecule has 0 unspecified atom stereocenters. The van der Waals surface area contributed by atoms with Crippen LogP contribution in [0, 0.1) is 0 Å². The fraction of sp³-hybridized carbons (Fsp3) is 0.222. The zero-order valence-electron chi connectivity index (χ0n) is 7.65. The Labute approximate surface area is 88.8 Å². The minimum atomic E-state index is -4.64. The Morgan fingerprint density at radius 3 is 2.33 bits per heavy atom. The second-order valence-electron chi connectivity index (χ2n) is 2.98. The van der Waals surface area contributed by atoms with Crippen LogP contribution in [-0.4, -0.2) is 5.78 Å². The molecule has 0 saturated heterocycles. The molecule has 0 aromatic heterocycles. The van der Waals surface area contributed by atoms with E-state index in [9.17, 15) is 18.0 Å². The molecule has 0 spiro atoms. The van der Waals surface area contributed by atoms with Crippen LogP contribution in [0.4, 0.5) is 18.9 Å². The van der Waals surface area contributed by atoms with E-state index < -0.39 is 23.1 Å². The summed E-state index contributed by atoms with van der Waals surface area (Å²) in [7, 11) is 0. The molecule has 1 aromatic carbocycles. The number of ketones is 1. The van der Waals surface area contributed by atoms with E-state index in [1.807, 2.05) is 0 Å². The number of alkyl halides is 3. The van der Waals surface area contributed by atoms with Crippen molar-refractivity contribution in [2.45, 2.75) is 13.1 Å². The van der Waals surface area contributed by atoms with Crippen molar-refractivity contribution in [3.63, 3.8) is 0 Å². The SMILES string of the molecule is CC(=O)c1c(Cl)cc(N)cc1C(F)(F)F. The maximum atomic E-state index is 12.5. The first kappa shape index (κ1) is 11.8. The second kappa shape index (κ2) is 3.73. The summed E-state index contributed by atoms with van der Waals surface area (Å²) in [5, 5.41) is -0.283. The van der Waals surface area contributed by atoms with Gasteiger partial charge in [-0.1, -0.05) is 11.6 Å². The molecule has 0 aliphatic rings. The van der Waals surface area contributed by atoms with Crippen LogP contribution in [0.15, 0.2) is 12.1 Å². The summed E-state index contributed by atoms with van der Waals surface area (Å²) in [5.74, 6) is -0.743. The van der Waals surface area contributed by atoms with E-state index in [0.29, 0.717) is 6.07 Å². The third-order valence-corrected chi connectivity index (χ3v) is 2.07. The fourth-order valence-corrected chi connectivity index (χ4v) is 1.57. The van der Waals surface area contributed by atoms with Crippen molar-refractivity contribution >= 4 is 23.1 Å². The van der Waals surface area contributed by atoms with Crippen molar-refractivity contribution in [2.75, 3.05) is 5.73 Å². The molecule has 6 heteroatoms. The summed E-state index contributed by atoms with van der Waals surface area (Å²) < 4.78 is 37.5. The van der Waals surface area contributed by atoms with Gasteiger partial charge in [-0.15, -0.1) is 0 Å². The van der Waals surface area contributed by atoms with Gasteiger partial charge in [0.1, 0.15) is 0 Å². The van der Waals surface area contributed by atoms with Crippen LogP contribution in [0.2, 0.25) is 5.02 Å². The van der Waals surface area contributed by atoms with Crippen molar-refractivity contribution in [1.82, 2.24) is 0 Å². The zero-order chi connectivity index (χ0) is 11.8. The molecule has 0 atom stereocenters.